The Balaban J connectivity index is 2.44. The molecule has 0 aliphatic carbocycles. The molecule has 0 amide bonds. The van der Waals surface area contributed by atoms with E-state index in [2.05, 4.69) is 4.98 Å². The molecule has 1 rings (SSSR count). The Kier molecular flexibility index (Phi) is 4.70. The second-order valence-electron chi connectivity index (χ2n) is 3.21. The van der Waals surface area contributed by atoms with Crippen molar-refractivity contribution in [3.8, 4) is 0 Å². The van der Waals surface area contributed by atoms with Gasteiger partial charge in [-0.25, -0.2) is 4.98 Å². The number of imidazole rings is 1. The van der Waals surface area contributed by atoms with E-state index in [0.29, 0.717) is 0 Å². The third-order valence-electron chi connectivity index (χ3n) is 2.15. The predicted octanol–water partition coefficient (Wildman–Crippen LogP) is -1.12. The molecule has 6 nitrogen and oxygen atoms in total. The van der Waals surface area contributed by atoms with E-state index in [1.54, 1.807) is 17.0 Å². The first-order chi connectivity index (χ1) is 7.19. The van der Waals surface area contributed by atoms with Gasteiger partial charge in [0, 0.05) is 12.4 Å². The average Bonchev–Trinajstić information content (AvgIpc) is 2.65. The molecule has 6 heteroatoms. The minimum atomic E-state index is -1.07. The van der Waals surface area contributed by atoms with Gasteiger partial charge < -0.3 is 24.6 Å². The Hall–Kier alpha value is -0.950. The van der Waals surface area contributed by atoms with Crippen LogP contribution in [0.5, 0.6) is 0 Å². The highest BCUT2D eigenvalue weighted by molar-refractivity contribution is 4.87. The van der Waals surface area contributed by atoms with Crippen LogP contribution in [-0.4, -0.2) is 50.3 Å². The van der Waals surface area contributed by atoms with E-state index in [0.717, 1.165) is 5.82 Å². The molecule has 0 fully saturated rings. The van der Waals surface area contributed by atoms with Gasteiger partial charge in [-0.15, -0.1) is 0 Å². The Morgan fingerprint density at radius 3 is 2.67 bits per heavy atom. The minimum absolute atomic E-state index is 0.189. The summed E-state index contributed by atoms with van der Waals surface area (Å²) in [6.45, 7) is 1.23. The smallest absolute Gasteiger partial charge is 0.124 e. The predicted molar refractivity (Wildman–Crippen MR) is 52.0 cm³/mol. The summed E-state index contributed by atoms with van der Waals surface area (Å²) in [5.74, 6) is 0.783. The molecule has 2 unspecified atom stereocenters. The third kappa shape index (κ3) is 3.28. The Bertz CT molecular complexity index is 289. The van der Waals surface area contributed by atoms with Crippen molar-refractivity contribution in [3.05, 3.63) is 18.2 Å². The molecule has 0 aromatic carbocycles. The van der Waals surface area contributed by atoms with Gasteiger partial charge in [0.1, 0.15) is 24.8 Å². The van der Waals surface area contributed by atoms with E-state index in [4.69, 9.17) is 14.9 Å². The van der Waals surface area contributed by atoms with Crippen molar-refractivity contribution in [1.29, 1.82) is 0 Å². The molecule has 0 spiro atoms. The number of rotatable bonds is 6. The molecule has 0 aliphatic rings. The number of hydrogen-bond acceptors (Lipinski definition) is 5. The Morgan fingerprint density at radius 2 is 2.20 bits per heavy atom. The molecule has 1 aromatic rings. The van der Waals surface area contributed by atoms with Crippen LogP contribution in [0, 0.1) is 6.92 Å². The molecule has 15 heavy (non-hydrogen) atoms. The lowest BCUT2D eigenvalue weighted by Crippen LogP contribution is -2.35. The number of ether oxygens (including phenoxy) is 1. The van der Waals surface area contributed by atoms with E-state index in [1.807, 2.05) is 6.92 Å². The second kappa shape index (κ2) is 5.82. The van der Waals surface area contributed by atoms with Crippen molar-refractivity contribution < 1.29 is 20.1 Å². The standard InChI is InChI=1S/C9H16N2O4/c1-7-10-2-3-11(7)6-15-9(5-13)8(14)4-12/h2-3,8-9,12-14H,4-6H2,1H3. The number of nitrogens with zero attached hydrogens (tertiary/aromatic N) is 2. The largest absolute Gasteiger partial charge is 0.394 e. The first-order valence-electron chi connectivity index (χ1n) is 4.68. The van der Waals surface area contributed by atoms with E-state index in [1.165, 1.54) is 0 Å². The number of aliphatic hydroxyl groups is 3. The monoisotopic (exact) mass is 216 g/mol. The lowest BCUT2D eigenvalue weighted by atomic mass is 10.2. The van der Waals surface area contributed by atoms with E-state index in [9.17, 15) is 5.11 Å². The van der Waals surface area contributed by atoms with Crippen LogP contribution in [0.3, 0.4) is 0 Å². The summed E-state index contributed by atoms with van der Waals surface area (Å²) in [6, 6.07) is 0. The number of aliphatic hydroxyl groups excluding tert-OH is 3. The van der Waals surface area contributed by atoms with Gasteiger partial charge in [-0.05, 0) is 6.92 Å². The molecule has 0 radical (unpaired) electrons. The number of hydrogen-bond donors (Lipinski definition) is 3. The van der Waals surface area contributed by atoms with Crippen LogP contribution in [0.4, 0.5) is 0 Å². The topological polar surface area (TPSA) is 87.7 Å². The van der Waals surface area contributed by atoms with Gasteiger partial charge in [-0.2, -0.15) is 0 Å². The van der Waals surface area contributed by atoms with Crippen LogP contribution in [0.25, 0.3) is 0 Å². The Morgan fingerprint density at radius 1 is 1.47 bits per heavy atom. The highest BCUT2D eigenvalue weighted by Crippen LogP contribution is 2.02. The molecule has 86 valence electrons. The third-order valence-corrected chi connectivity index (χ3v) is 2.15. The van der Waals surface area contributed by atoms with Gasteiger partial charge in [0.05, 0.1) is 13.2 Å². The SMILES string of the molecule is Cc1nccn1COC(CO)C(O)CO. The van der Waals surface area contributed by atoms with E-state index < -0.39 is 18.8 Å². The molecule has 0 bridgehead atoms. The number of aromatic nitrogens is 2. The Labute approximate surface area is 87.8 Å². The molecule has 1 heterocycles. The summed E-state index contributed by atoms with van der Waals surface area (Å²) < 4.78 is 6.96. The molecule has 0 saturated carbocycles. The molecular weight excluding hydrogens is 200 g/mol. The summed E-state index contributed by atoms with van der Waals surface area (Å²) in [5.41, 5.74) is 0. The minimum Gasteiger partial charge on any atom is -0.394 e. The highest BCUT2D eigenvalue weighted by Gasteiger charge is 2.18. The zero-order valence-corrected chi connectivity index (χ0v) is 8.58. The maximum Gasteiger partial charge on any atom is 0.124 e. The summed E-state index contributed by atoms with van der Waals surface area (Å²) in [6.07, 6.45) is 1.51. The fourth-order valence-corrected chi connectivity index (χ4v) is 1.12. The fourth-order valence-electron chi connectivity index (χ4n) is 1.12. The van der Waals surface area contributed by atoms with Gasteiger partial charge in [-0.1, -0.05) is 0 Å². The van der Waals surface area contributed by atoms with Crippen molar-refractivity contribution in [3.63, 3.8) is 0 Å². The summed E-state index contributed by atoms with van der Waals surface area (Å²) in [4.78, 5) is 3.99. The van der Waals surface area contributed by atoms with Gasteiger partial charge in [0.2, 0.25) is 0 Å². The summed E-state index contributed by atoms with van der Waals surface area (Å²) in [7, 11) is 0. The molecule has 0 saturated heterocycles. The summed E-state index contributed by atoms with van der Waals surface area (Å²) >= 11 is 0. The van der Waals surface area contributed by atoms with Gasteiger partial charge in [-0.3, -0.25) is 0 Å². The van der Waals surface area contributed by atoms with Gasteiger partial charge >= 0.3 is 0 Å². The lowest BCUT2D eigenvalue weighted by Gasteiger charge is -2.20. The first-order valence-corrected chi connectivity index (χ1v) is 4.68. The fraction of sp³-hybridized carbons (Fsp3) is 0.667. The first kappa shape index (κ1) is 12.1. The van der Waals surface area contributed by atoms with Crippen LogP contribution in [0.2, 0.25) is 0 Å². The van der Waals surface area contributed by atoms with Crippen molar-refractivity contribution in [2.75, 3.05) is 13.2 Å². The van der Waals surface area contributed by atoms with E-state index in [-0.39, 0.29) is 13.3 Å². The normalized spacial score (nSPS) is 15.2. The molecule has 1 aromatic heterocycles. The molecule has 0 aliphatic heterocycles. The van der Waals surface area contributed by atoms with Crippen LogP contribution in [0.1, 0.15) is 5.82 Å². The van der Waals surface area contributed by atoms with Crippen LogP contribution in [-0.2, 0) is 11.5 Å². The molecule has 2 atom stereocenters. The van der Waals surface area contributed by atoms with E-state index >= 15 is 0 Å². The molecule has 3 N–H and O–H groups in total. The zero-order chi connectivity index (χ0) is 11.3. The van der Waals surface area contributed by atoms with Crippen molar-refractivity contribution in [2.24, 2.45) is 0 Å². The van der Waals surface area contributed by atoms with Crippen LogP contribution >= 0.6 is 0 Å². The number of aryl methyl sites for hydroxylation is 1. The second-order valence-corrected chi connectivity index (χ2v) is 3.21. The van der Waals surface area contributed by atoms with Crippen LogP contribution in [0.15, 0.2) is 12.4 Å². The van der Waals surface area contributed by atoms with Crippen molar-refractivity contribution >= 4 is 0 Å². The maximum atomic E-state index is 9.26. The highest BCUT2D eigenvalue weighted by atomic mass is 16.5. The zero-order valence-electron chi connectivity index (χ0n) is 8.58. The maximum absolute atomic E-state index is 9.26. The van der Waals surface area contributed by atoms with Gasteiger partial charge in [0.25, 0.3) is 0 Å². The molecular formula is C9H16N2O4. The van der Waals surface area contributed by atoms with Gasteiger partial charge in [0.15, 0.2) is 0 Å². The quantitative estimate of drug-likeness (QED) is 0.560. The lowest BCUT2D eigenvalue weighted by molar-refractivity contribution is -0.101. The average molecular weight is 216 g/mol. The van der Waals surface area contributed by atoms with Crippen molar-refractivity contribution in [1.82, 2.24) is 9.55 Å². The summed E-state index contributed by atoms with van der Waals surface area (Å²) in [5, 5.41) is 26.8. The van der Waals surface area contributed by atoms with Crippen LogP contribution < -0.4 is 0 Å². The van der Waals surface area contributed by atoms with Crippen molar-refractivity contribution in [2.45, 2.75) is 25.9 Å².